The fourth-order valence-electron chi connectivity index (χ4n) is 4.45. The van der Waals surface area contributed by atoms with Crippen LogP contribution in [0.1, 0.15) is 47.2 Å². The second-order valence-electron chi connectivity index (χ2n) is 8.84. The molecule has 3 N–H and O–H groups in total. The minimum atomic E-state index is -3.93. The number of hydrogen-bond acceptors (Lipinski definition) is 6. The molecule has 33 heavy (non-hydrogen) atoms. The van der Waals surface area contributed by atoms with Crippen LogP contribution in [0, 0.1) is 13.8 Å². The quantitative estimate of drug-likeness (QED) is 0.667. The number of carbonyl (C=O) groups excluding carboxylic acids is 2. The number of nitrogens with one attached hydrogen (secondary N) is 1. The van der Waals surface area contributed by atoms with E-state index in [4.69, 9.17) is 5.73 Å². The lowest BCUT2D eigenvalue weighted by Gasteiger charge is -2.32. The molecule has 1 unspecified atom stereocenters. The zero-order chi connectivity index (χ0) is 23.8. The molecule has 2 amide bonds. The number of hydrogen-bond donors (Lipinski definition) is 2. The third-order valence-electron chi connectivity index (χ3n) is 6.55. The molecule has 0 spiro atoms. The molecule has 2 fully saturated rings. The van der Waals surface area contributed by atoms with E-state index in [9.17, 15) is 18.0 Å². The highest BCUT2D eigenvalue weighted by Crippen LogP contribution is 2.29. The largest absolute Gasteiger partial charge is 0.350 e. The third kappa shape index (κ3) is 4.84. The van der Waals surface area contributed by atoms with Crippen molar-refractivity contribution >= 4 is 33.2 Å². The molecule has 2 heterocycles. The van der Waals surface area contributed by atoms with Crippen LogP contribution in [-0.2, 0) is 14.8 Å². The lowest BCUT2D eigenvalue weighted by molar-refractivity contribution is -0.128. The zero-order valence-electron chi connectivity index (χ0n) is 18.9. The fraction of sp³-hybridized carbons (Fsp3) is 0.478. The monoisotopic (exact) mass is 490 g/mol. The molecule has 1 atom stereocenters. The first-order valence-electron chi connectivity index (χ1n) is 11.2. The van der Waals surface area contributed by atoms with Crippen LogP contribution in [-0.4, -0.2) is 60.8 Å². The highest BCUT2D eigenvalue weighted by atomic mass is 32.2. The van der Waals surface area contributed by atoms with Crippen LogP contribution >= 0.6 is 11.3 Å². The van der Waals surface area contributed by atoms with Gasteiger partial charge in [-0.2, -0.15) is 4.31 Å². The number of aryl methyl sites for hydroxylation is 2. The van der Waals surface area contributed by atoms with E-state index in [1.54, 1.807) is 23.6 Å². The fourth-order valence-corrected chi connectivity index (χ4v) is 7.11. The van der Waals surface area contributed by atoms with E-state index in [-0.39, 0.29) is 35.3 Å². The van der Waals surface area contributed by atoms with Gasteiger partial charge in [0.25, 0.3) is 21.8 Å². The highest BCUT2D eigenvalue weighted by molar-refractivity contribution is 7.91. The third-order valence-corrected chi connectivity index (χ3v) is 9.78. The molecule has 4 rings (SSSR count). The lowest BCUT2D eigenvalue weighted by Crippen LogP contribution is -2.56. The van der Waals surface area contributed by atoms with Gasteiger partial charge in [-0.25, -0.2) is 8.42 Å². The molecule has 2 aromatic rings. The standard InChI is InChI=1S/C23H30N4O4S2/c1-15-5-6-17(14-16(15)2)23(29)26-11-12-27(33(30,31)20-4-3-13-32-20)22(26)21(28)25-19-9-7-18(24)8-10-19/h3-6,13-14,18-19,22H,7-12,24H2,1-2H3,(H,25,28). The van der Waals surface area contributed by atoms with Gasteiger partial charge in [0.1, 0.15) is 4.21 Å². The van der Waals surface area contributed by atoms with E-state index >= 15 is 0 Å². The number of benzene rings is 1. The lowest BCUT2D eigenvalue weighted by atomic mass is 9.92. The summed E-state index contributed by atoms with van der Waals surface area (Å²) >= 11 is 1.10. The summed E-state index contributed by atoms with van der Waals surface area (Å²) in [6, 6.07) is 8.59. The second kappa shape index (κ2) is 9.54. The van der Waals surface area contributed by atoms with Crippen molar-refractivity contribution in [3.05, 3.63) is 52.4 Å². The van der Waals surface area contributed by atoms with E-state index in [1.165, 1.54) is 11.0 Å². The summed E-state index contributed by atoms with van der Waals surface area (Å²) in [6.45, 7) is 4.08. The molecule has 1 aliphatic heterocycles. The molecular weight excluding hydrogens is 460 g/mol. The van der Waals surface area contributed by atoms with E-state index in [0.717, 1.165) is 52.5 Å². The van der Waals surface area contributed by atoms with Crippen molar-refractivity contribution in [2.45, 2.75) is 62.0 Å². The summed E-state index contributed by atoms with van der Waals surface area (Å²) < 4.78 is 28.0. The minimum absolute atomic E-state index is 0.0600. The summed E-state index contributed by atoms with van der Waals surface area (Å²) in [5.41, 5.74) is 8.44. The number of carbonyl (C=O) groups is 2. The van der Waals surface area contributed by atoms with Crippen molar-refractivity contribution in [2.75, 3.05) is 13.1 Å². The van der Waals surface area contributed by atoms with Gasteiger partial charge in [-0.05, 0) is 74.2 Å². The molecule has 1 aromatic carbocycles. The average molecular weight is 491 g/mol. The maximum Gasteiger partial charge on any atom is 0.259 e. The molecule has 10 heteroatoms. The van der Waals surface area contributed by atoms with E-state index < -0.39 is 22.1 Å². The van der Waals surface area contributed by atoms with Gasteiger partial charge in [0.05, 0.1) is 0 Å². The Morgan fingerprint density at radius 1 is 1.06 bits per heavy atom. The summed E-state index contributed by atoms with van der Waals surface area (Å²) in [6.07, 6.45) is 1.85. The highest BCUT2D eigenvalue weighted by Gasteiger charge is 2.47. The Bertz CT molecular complexity index is 1130. The summed E-state index contributed by atoms with van der Waals surface area (Å²) in [7, 11) is -3.93. The van der Waals surface area contributed by atoms with Crippen LogP contribution in [0.5, 0.6) is 0 Å². The van der Waals surface area contributed by atoms with E-state index in [1.807, 2.05) is 19.9 Å². The number of rotatable bonds is 5. The molecule has 178 valence electrons. The Balaban J connectivity index is 1.64. The summed E-state index contributed by atoms with van der Waals surface area (Å²) in [4.78, 5) is 28.3. The predicted octanol–water partition coefficient (Wildman–Crippen LogP) is 2.22. The predicted molar refractivity (Wildman–Crippen MR) is 127 cm³/mol. The molecular formula is C23H30N4O4S2. The van der Waals surface area contributed by atoms with E-state index in [2.05, 4.69) is 5.32 Å². The SMILES string of the molecule is Cc1ccc(C(=O)N2CCN(S(=O)(=O)c3cccs3)C2C(=O)NC2CCC(N)CC2)cc1C. The van der Waals surface area contributed by atoms with Crippen LogP contribution in [0.25, 0.3) is 0 Å². The van der Waals surface area contributed by atoms with Gasteiger partial charge in [0, 0.05) is 30.7 Å². The second-order valence-corrected chi connectivity index (χ2v) is 11.9. The number of nitrogens with zero attached hydrogens (tertiary/aromatic N) is 2. The van der Waals surface area contributed by atoms with Crippen LogP contribution in [0.15, 0.2) is 39.9 Å². The van der Waals surface area contributed by atoms with Crippen molar-refractivity contribution in [2.24, 2.45) is 5.73 Å². The normalized spacial score (nSPS) is 24.1. The van der Waals surface area contributed by atoms with Gasteiger partial charge in [0.2, 0.25) is 0 Å². The number of thiophene rings is 1. The van der Waals surface area contributed by atoms with E-state index in [0.29, 0.717) is 5.56 Å². The van der Waals surface area contributed by atoms with Crippen molar-refractivity contribution in [1.82, 2.24) is 14.5 Å². The van der Waals surface area contributed by atoms with Gasteiger partial charge < -0.3 is 16.0 Å². The maximum absolute atomic E-state index is 13.5. The van der Waals surface area contributed by atoms with Gasteiger partial charge in [-0.1, -0.05) is 12.1 Å². The Kier molecular flexibility index (Phi) is 6.90. The number of nitrogens with two attached hydrogens (primary N) is 1. The topological polar surface area (TPSA) is 113 Å². The molecule has 1 saturated carbocycles. The van der Waals surface area contributed by atoms with Gasteiger partial charge in [-0.3, -0.25) is 9.59 Å². The van der Waals surface area contributed by atoms with Crippen molar-refractivity contribution in [1.29, 1.82) is 0 Å². The minimum Gasteiger partial charge on any atom is -0.350 e. The zero-order valence-corrected chi connectivity index (χ0v) is 20.5. The molecule has 0 radical (unpaired) electrons. The molecule has 0 bridgehead atoms. The first kappa shape index (κ1) is 23.9. The van der Waals surface area contributed by atoms with Gasteiger partial charge in [0.15, 0.2) is 6.17 Å². The molecule has 8 nitrogen and oxygen atoms in total. The Morgan fingerprint density at radius 3 is 2.42 bits per heavy atom. The van der Waals surface area contributed by atoms with Crippen LogP contribution in [0.4, 0.5) is 0 Å². The first-order chi connectivity index (χ1) is 15.7. The molecule has 2 aliphatic rings. The van der Waals surface area contributed by atoms with Crippen LogP contribution in [0.2, 0.25) is 0 Å². The smallest absolute Gasteiger partial charge is 0.259 e. The van der Waals surface area contributed by atoms with Gasteiger partial charge >= 0.3 is 0 Å². The molecule has 1 saturated heterocycles. The van der Waals surface area contributed by atoms with Crippen LogP contribution < -0.4 is 11.1 Å². The average Bonchev–Trinajstić information content (AvgIpc) is 3.47. The number of amides is 2. The maximum atomic E-state index is 13.5. The summed E-state index contributed by atoms with van der Waals surface area (Å²) in [5.74, 6) is -0.821. The van der Waals surface area contributed by atoms with Crippen molar-refractivity contribution in [3.8, 4) is 0 Å². The first-order valence-corrected chi connectivity index (χ1v) is 13.5. The van der Waals surface area contributed by atoms with Crippen LogP contribution in [0.3, 0.4) is 0 Å². The van der Waals surface area contributed by atoms with Crippen molar-refractivity contribution < 1.29 is 18.0 Å². The van der Waals surface area contributed by atoms with Crippen molar-refractivity contribution in [3.63, 3.8) is 0 Å². The summed E-state index contributed by atoms with van der Waals surface area (Å²) in [5, 5.41) is 4.68. The number of sulfonamides is 1. The Labute approximate surface area is 198 Å². The van der Waals surface area contributed by atoms with Gasteiger partial charge in [-0.15, -0.1) is 11.3 Å². The Hall–Kier alpha value is -2.27. The Morgan fingerprint density at radius 2 is 1.79 bits per heavy atom. The molecule has 1 aromatic heterocycles. The molecule has 1 aliphatic carbocycles.